The third-order valence-corrected chi connectivity index (χ3v) is 2.13. The fraction of sp³-hybridized carbons (Fsp3) is 0.300. The van der Waals surface area contributed by atoms with E-state index in [0.29, 0.717) is 6.61 Å². The smallest absolute Gasteiger partial charge is 0.316 e. The van der Waals surface area contributed by atoms with Crippen LogP contribution >= 0.6 is 15.9 Å². The number of carbonyl (C=O) groups excluding carboxylic acids is 1. The Labute approximate surface area is 91.1 Å². The van der Waals surface area contributed by atoms with Crippen LogP contribution in [0.15, 0.2) is 24.3 Å². The van der Waals surface area contributed by atoms with Gasteiger partial charge in [0.2, 0.25) is 0 Å². The molecule has 0 saturated heterocycles. The SMILES string of the molecule is COc1ccc(CO[13C](=O)[13CH2]Br)cc1. The fourth-order valence-corrected chi connectivity index (χ4v) is 1.09. The fourth-order valence-electron chi connectivity index (χ4n) is 0.924. The van der Waals surface area contributed by atoms with Crippen LogP contribution in [0.5, 0.6) is 5.75 Å². The van der Waals surface area contributed by atoms with Gasteiger partial charge in [0.1, 0.15) is 17.7 Å². The van der Waals surface area contributed by atoms with Gasteiger partial charge in [0.25, 0.3) is 0 Å². The molecule has 0 spiro atoms. The van der Waals surface area contributed by atoms with Crippen LogP contribution in [0.4, 0.5) is 0 Å². The molecule has 14 heavy (non-hydrogen) atoms. The number of hydrogen-bond acceptors (Lipinski definition) is 3. The molecular weight excluding hydrogens is 250 g/mol. The molecule has 1 rings (SSSR count). The van der Waals surface area contributed by atoms with Crippen molar-refractivity contribution in [2.75, 3.05) is 12.4 Å². The molecule has 0 N–H and O–H groups in total. The predicted molar refractivity (Wildman–Crippen MR) is 56.6 cm³/mol. The van der Waals surface area contributed by atoms with Gasteiger partial charge >= 0.3 is 5.97 Å². The van der Waals surface area contributed by atoms with Gasteiger partial charge < -0.3 is 9.47 Å². The Balaban J connectivity index is 2.47. The highest BCUT2D eigenvalue weighted by Gasteiger charge is 2.00. The molecule has 0 aliphatic carbocycles. The van der Waals surface area contributed by atoms with Crippen molar-refractivity contribution < 1.29 is 14.3 Å². The highest BCUT2D eigenvalue weighted by Crippen LogP contribution is 2.11. The molecule has 1 aromatic carbocycles. The summed E-state index contributed by atoms with van der Waals surface area (Å²) in [6, 6.07) is 7.38. The molecule has 0 amide bonds. The summed E-state index contributed by atoms with van der Waals surface area (Å²) in [5.41, 5.74) is 0.945. The van der Waals surface area contributed by atoms with Crippen molar-refractivity contribution in [3.8, 4) is 5.75 Å². The second-order valence-corrected chi connectivity index (χ2v) is 3.20. The first kappa shape index (κ1) is 11.0. The molecule has 0 atom stereocenters. The number of carbonyl (C=O) groups is 1. The number of ether oxygens (including phenoxy) is 2. The van der Waals surface area contributed by atoms with Crippen molar-refractivity contribution >= 4 is 21.9 Å². The third-order valence-electron chi connectivity index (χ3n) is 1.67. The van der Waals surface area contributed by atoms with Gasteiger partial charge in [0.05, 0.1) is 7.11 Å². The molecule has 0 fully saturated rings. The topological polar surface area (TPSA) is 35.5 Å². The lowest BCUT2D eigenvalue weighted by atomic mass is 10.2. The molecule has 0 saturated carbocycles. The van der Waals surface area contributed by atoms with Gasteiger partial charge in [-0.25, -0.2) is 0 Å². The van der Waals surface area contributed by atoms with Crippen molar-refractivity contribution in [1.29, 1.82) is 0 Å². The molecule has 0 radical (unpaired) electrons. The van der Waals surface area contributed by atoms with Crippen molar-refractivity contribution in [2.45, 2.75) is 6.61 Å². The van der Waals surface area contributed by atoms with Crippen molar-refractivity contribution in [2.24, 2.45) is 0 Å². The van der Waals surface area contributed by atoms with Crippen LogP contribution in [0.3, 0.4) is 0 Å². The van der Waals surface area contributed by atoms with Gasteiger partial charge in [-0.2, -0.15) is 0 Å². The second-order valence-electron chi connectivity index (χ2n) is 2.64. The number of benzene rings is 1. The zero-order valence-corrected chi connectivity index (χ0v) is 9.41. The molecule has 0 aromatic heterocycles. The van der Waals surface area contributed by atoms with E-state index in [1.165, 1.54) is 0 Å². The lowest BCUT2D eigenvalue weighted by Gasteiger charge is -2.04. The van der Waals surface area contributed by atoms with Gasteiger partial charge in [0, 0.05) is 0 Å². The summed E-state index contributed by atoms with van der Waals surface area (Å²) in [6.45, 7) is 0.300. The first-order valence-corrected chi connectivity index (χ1v) is 5.23. The number of alkyl halides is 1. The van der Waals surface area contributed by atoms with Crippen LogP contribution in [-0.4, -0.2) is 18.4 Å². The minimum absolute atomic E-state index is 0.225. The first-order valence-electron chi connectivity index (χ1n) is 4.11. The van der Waals surface area contributed by atoms with Crippen molar-refractivity contribution in [3.05, 3.63) is 29.8 Å². The second kappa shape index (κ2) is 5.65. The zero-order valence-electron chi connectivity index (χ0n) is 7.83. The average Bonchev–Trinajstić information content (AvgIpc) is 2.26. The molecule has 0 unspecified atom stereocenters. The van der Waals surface area contributed by atoms with Crippen LogP contribution in [0.2, 0.25) is 0 Å². The van der Waals surface area contributed by atoms with E-state index in [0.717, 1.165) is 11.3 Å². The highest BCUT2D eigenvalue weighted by molar-refractivity contribution is 9.09. The highest BCUT2D eigenvalue weighted by atomic mass is 79.9. The summed E-state index contributed by atoms with van der Waals surface area (Å²) < 4.78 is 9.92. The maximum Gasteiger partial charge on any atom is 0.316 e. The maximum atomic E-state index is 10.8. The molecule has 3 nitrogen and oxygen atoms in total. The normalized spacial score (nSPS) is 9.57. The molecule has 4 heteroatoms. The Bertz CT molecular complexity index is 295. The van der Waals surface area contributed by atoms with Crippen molar-refractivity contribution in [1.82, 2.24) is 0 Å². The van der Waals surface area contributed by atoms with E-state index in [4.69, 9.17) is 9.47 Å². The quantitative estimate of drug-likeness (QED) is 0.473. The minimum atomic E-state index is -0.263. The number of esters is 1. The molecule has 0 heterocycles. The van der Waals surface area contributed by atoms with Gasteiger partial charge in [0.15, 0.2) is 0 Å². The molecule has 0 aliphatic heterocycles. The number of hydrogen-bond donors (Lipinski definition) is 0. The summed E-state index contributed by atoms with van der Waals surface area (Å²) in [6.07, 6.45) is 0. The van der Waals surface area contributed by atoms with E-state index >= 15 is 0 Å². The monoisotopic (exact) mass is 260 g/mol. The maximum absolute atomic E-state index is 10.8. The van der Waals surface area contributed by atoms with Gasteiger partial charge in [-0.05, 0) is 17.7 Å². The van der Waals surface area contributed by atoms with E-state index in [2.05, 4.69) is 15.9 Å². The predicted octanol–water partition coefficient (Wildman–Crippen LogP) is 2.13. The largest absolute Gasteiger partial charge is 0.497 e. The standard InChI is InChI=1S/C10H11BrO3/c1-13-9-4-2-8(3-5-9)7-14-10(12)6-11/h2-5H,6-7H2,1H3/i6+1,10+1. The Morgan fingerprint density at radius 1 is 1.36 bits per heavy atom. The Morgan fingerprint density at radius 2 is 2.00 bits per heavy atom. The minimum Gasteiger partial charge on any atom is -0.497 e. The van der Waals surface area contributed by atoms with Crippen LogP contribution in [0.25, 0.3) is 0 Å². The molecule has 0 aliphatic rings. The number of halogens is 1. The van der Waals surface area contributed by atoms with Crippen LogP contribution in [0, 0.1) is 0 Å². The Morgan fingerprint density at radius 3 is 2.50 bits per heavy atom. The first-order chi connectivity index (χ1) is 6.76. The van der Waals surface area contributed by atoms with Crippen LogP contribution < -0.4 is 4.74 Å². The van der Waals surface area contributed by atoms with E-state index in [9.17, 15) is 4.79 Å². The van der Waals surface area contributed by atoms with Gasteiger partial charge in [-0.1, -0.05) is 28.1 Å². The zero-order chi connectivity index (χ0) is 10.4. The molecule has 76 valence electrons. The van der Waals surface area contributed by atoms with Crippen LogP contribution in [-0.2, 0) is 16.1 Å². The average molecular weight is 261 g/mol. The van der Waals surface area contributed by atoms with E-state index < -0.39 is 0 Å². The van der Waals surface area contributed by atoms with Crippen LogP contribution in [0.1, 0.15) is 5.56 Å². The summed E-state index contributed by atoms with van der Waals surface area (Å²) in [5.74, 6) is 0.529. The van der Waals surface area contributed by atoms with Gasteiger partial charge in [-0.3, -0.25) is 4.79 Å². The third kappa shape index (κ3) is 3.38. The van der Waals surface area contributed by atoms with E-state index in [1.807, 2.05) is 24.3 Å². The lowest BCUT2D eigenvalue weighted by Crippen LogP contribution is -2.04. The summed E-state index contributed by atoms with van der Waals surface area (Å²) in [4.78, 5) is 10.8. The summed E-state index contributed by atoms with van der Waals surface area (Å²) in [5, 5.41) is 0.225. The number of methoxy groups -OCH3 is 1. The molecule has 1 aromatic rings. The summed E-state index contributed by atoms with van der Waals surface area (Å²) in [7, 11) is 1.61. The Hall–Kier alpha value is -1.03. The number of rotatable bonds is 4. The van der Waals surface area contributed by atoms with Gasteiger partial charge in [-0.15, -0.1) is 0 Å². The van der Waals surface area contributed by atoms with E-state index in [1.54, 1.807) is 7.11 Å². The van der Waals surface area contributed by atoms with E-state index in [-0.39, 0.29) is 11.3 Å². The van der Waals surface area contributed by atoms with Crippen molar-refractivity contribution in [3.63, 3.8) is 0 Å². The molecule has 0 bridgehead atoms. The Kier molecular flexibility index (Phi) is 4.46. The lowest BCUT2D eigenvalue weighted by molar-refractivity contribution is -0.141. The summed E-state index contributed by atoms with van der Waals surface area (Å²) >= 11 is 3.02. The molecular formula is C10H11BrO3.